The molecule has 0 saturated carbocycles. The van der Waals surface area contributed by atoms with Crippen molar-refractivity contribution in [2.24, 2.45) is 0 Å². The van der Waals surface area contributed by atoms with E-state index >= 15 is 0 Å². The molecule has 0 atom stereocenters. The van der Waals surface area contributed by atoms with Crippen LogP contribution in [0.4, 0.5) is 19.0 Å². The molecular formula is C14H13F3N4O2. The fourth-order valence-electron chi connectivity index (χ4n) is 2.40. The fourth-order valence-corrected chi connectivity index (χ4v) is 2.40. The van der Waals surface area contributed by atoms with E-state index in [0.29, 0.717) is 0 Å². The average molecular weight is 326 g/mol. The standard InChI is InChI=1S/C14H13F3N4O2/c15-11-5-10(21-8-9(6-19-21)13(22)23)7-18-12(11)20-3-1-14(16,17)2-4-20/h5-8H,1-4H2,(H,22,23). The summed E-state index contributed by atoms with van der Waals surface area (Å²) in [6.45, 7) is 0.0579. The van der Waals surface area contributed by atoms with Crippen LogP contribution in [-0.4, -0.2) is 44.9 Å². The first-order valence-electron chi connectivity index (χ1n) is 6.92. The van der Waals surface area contributed by atoms with Crippen LogP contribution >= 0.6 is 0 Å². The number of rotatable bonds is 3. The normalized spacial score (nSPS) is 17.3. The second-order valence-electron chi connectivity index (χ2n) is 5.32. The van der Waals surface area contributed by atoms with Gasteiger partial charge in [-0.1, -0.05) is 0 Å². The molecule has 0 bridgehead atoms. The van der Waals surface area contributed by atoms with Crippen LogP contribution in [0, 0.1) is 5.82 Å². The molecule has 122 valence electrons. The lowest BCUT2D eigenvalue weighted by atomic mass is 10.1. The number of piperidine rings is 1. The number of aromatic nitrogens is 3. The Morgan fingerprint density at radius 1 is 1.26 bits per heavy atom. The first kappa shape index (κ1) is 15.3. The van der Waals surface area contributed by atoms with Crippen LogP contribution in [0.15, 0.2) is 24.7 Å². The monoisotopic (exact) mass is 326 g/mol. The summed E-state index contributed by atoms with van der Waals surface area (Å²) in [5.74, 6) is -4.51. The molecule has 3 rings (SSSR count). The van der Waals surface area contributed by atoms with E-state index < -0.39 is 17.7 Å². The third kappa shape index (κ3) is 3.13. The van der Waals surface area contributed by atoms with Crippen molar-refractivity contribution < 1.29 is 23.1 Å². The molecule has 1 aliphatic rings. The van der Waals surface area contributed by atoms with Gasteiger partial charge in [0.25, 0.3) is 5.92 Å². The van der Waals surface area contributed by atoms with Crippen LogP contribution in [0.1, 0.15) is 23.2 Å². The summed E-state index contributed by atoms with van der Waals surface area (Å²) in [4.78, 5) is 16.3. The molecule has 2 aromatic rings. The molecule has 0 radical (unpaired) electrons. The lowest BCUT2D eigenvalue weighted by molar-refractivity contribution is -0.0222. The zero-order valence-electron chi connectivity index (χ0n) is 11.9. The SMILES string of the molecule is O=C(O)c1cnn(-c2cnc(N3CCC(F)(F)CC3)c(F)c2)c1. The van der Waals surface area contributed by atoms with E-state index in [2.05, 4.69) is 10.1 Å². The van der Waals surface area contributed by atoms with Gasteiger partial charge < -0.3 is 10.0 Å². The number of carboxylic acid groups (broad SMARTS) is 1. The quantitative estimate of drug-likeness (QED) is 0.937. The highest BCUT2D eigenvalue weighted by Crippen LogP contribution is 2.30. The summed E-state index contributed by atoms with van der Waals surface area (Å²) < 4.78 is 41.7. The number of pyridine rings is 1. The Morgan fingerprint density at radius 3 is 2.52 bits per heavy atom. The van der Waals surface area contributed by atoms with Crippen LogP contribution in [0.25, 0.3) is 5.69 Å². The Bertz CT molecular complexity index is 737. The maximum absolute atomic E-state index is 14.2. The minimum atomic E-state index is -2.71. The molecule has 0 aliphatic carbocycles. The summed E-state index contributed by atoms with van der Waals surface area (Å²) in [5.41, 5.74) is 0.217. The van der Waals surface area contributed by atoms with Gasteiger partial charge in [-0.3, -0.25) is 0 Å². The third-order valence-corrected chi connectivity index (χ3v) is 3.70. The predicted molar refractivity (Wildman–Crippen MR) is 74.7 cm³/mol. The van der Waals surface area contributed by atoms with Gasteiger partial charge in [0.1, 0.15) is 0 Å². The first-order valence-corrected chi connectivity index (χ1v) is 6.92. The van der Waals surface area contributed by atoms with Crippen molar-refractivity contribution in [1.82, 2.24) is 14.8 Å². The number of hydrogen-bond acceptors (Lipinski definition) is 4. The lowest BCUT2D eigenvalue weighted by Crippen LogP contribution is -2.40. The predicted octanol–water partition coefficient (Wildman–Crippen LogP) is 2.34. The van der Waals surface area contributed by atoms with Crippen LogP contribution in [-0.2, 0) is 0 Å². The molecule has 0 spiro atoms. The minimum absolute atomic E-state index is 0.00913. The Kier molecular flexibility index (Phi) is 3.70. The van der Waals surface area contributed by atoms with Gasteiger partial charge in [0.15, 0.2) is 11.6 Å². The molecule has 1 aliphatic heterocycles. The smallest absolute Gasteiger partial charge is 0.338 e. The highest BCUT2D eigenvalue weighted by atomic mass is 19.3. The van der Waals surface area contributed by atoms with Crippen molar-refractivity contribution in [3.8, 4) is 5.69 Å². The molecule has 1 saturated heterocycles. The van der Waals surface area contributed by atoms with Gasteiger partial charge in [-0.25, -0.2) is 27.6 Å². The molecule has 2 aromatic heterocycles. The molecule has 1 N–H and O–H groups in total. The average Bonchev–Trinajstić information content (AvgIpc) is 2.98. The molecule has 0 amide bonds. The van der Waals surface area contributed by atoms with E-state index in [0.717, 1.165) is 12.3 Å². The van der Waals surface area contributed by atoms with Gasteiger partial charge in [-0.15, -0.1) is 0 Å². The first-order chi connectivity index (χ1) is 10.9. The van der Waals surface area contributed by atoms with Gasteiger partial charge in [-0.2, -0.15) is 5.10 Å². The summed E-state index contributed by atoms with van der Waals surface area (Å²) in [6, 6.07) is 1.15. The van der Waals surface area contributed by atoms with Gasteiger partial charge in [0, 0.05) is 38.2 Å². The van der Waals surface area contributed by atoms with Crippen molar-refractivity contribution >= 4 is 11.8 Å². The number of anilines is 1. The molecular weight excluding hydrogens is 313 g/mol. The number of carboxylic acids is 1. The number of aromatic carboxylic acids is 1. The Hall–Kier alpha value is -2.58. The Morgan fingerprint density at radius 2 is 1.96 bits per heavy atom. The molecule has 9 heteroatoms. The lowest BCUT2D eigenvalue weighted by Gasteiger charge is -2.32. The zero-order valence-corrected chi connectivity index (χ0v) is 11.9. The second-order valence-corrected chi connectivity index (χ2v) is 5.32. The van der Waals surface area contributed by atoms with E-state index in [-0.39, 0.29) is 43.0 Å². The number of carbonyl (C=O) groups is 1. The molecule has 23 heavy (non-hydrogen) atoms. The number of halogens is 3. The maximum Gasteiger partial charge on any atom is 0.338 e. The largest absolute Gasteiger partial charge is 0.478 e. The maximum atomic E-state index is 14.2. The number of hydrogen-bond donors (Lipinski definition) is 1. The van der Waals surface area contributed by atoms with Crippen molar-refractivity contribution in [2.45, 2.75) is 18.8 Å². The number of nitrogens with zero attached hydrogens (tertiary/aromatic N) is 4. The van der Waals surface area contributed by atoms with Crippen molar-refractivity contribution in [2.75, 3.05) is 18.0 Å². The molecule has 0 aromatic carbocycles. The van der Waals surface area contributed by atoms with Gasteiger partial charge in [-0.05, 0) is 0 Å². The second kappa shape index (κ2) is 5.56. The summed E-state index contributed by atoms with van der Waals surface area (Å²) in [5, 5.41) is 12.7. The summed E-state index contributed by atoms with van der Waals surface area (Å²) in [7, 11) is 0. The Labute approximate surface area is 129 Å². The van der Waals surface area contributed by atoms with E-state index in [1.165, 1.54) is 22.0 Å². The van der Waals surface area contributed by atoms with Gasteiger partial charge in [0.2, 0.25) is 0 Å². The highest BCUT2D eigenvalue weighted by molar-refractivity contribution is 5.86. The molecule has 1 fully saturated rings. The zero-order chi connectivity index (χ0) is 16.6. The fraction of sp³-hybridized carbons (Fsp3) is 0.357. The minimum Gasteiger partial charge on any atom is -0.478 e. The van der Waals surface area contributed by atoms with Gasteiger partial charge in [0.05, 0.1) is 23.6 Å². The summed E-state index contributed by atoms with van der Waals surface area (Å²) >= 11 is 0. The molecule has 0 unspecified atom stereocenters. The van der Waals surface area contributed by atoms with Crippen LogP contribution < -0.4 is 4.90 Å². The van der Waals surface area contributed by atoms with E-state index in [4.69, 9.17) is 5.11 Å². The van der Waals surface area contributed by atoms with Crippen molar-refractivity contribution in [1.29, 1.82) is 0 Å². The molecule has 6 nitrogen and oxygen atoms in total. The number of alkyl halides is 2. The van der Waals surface area contributed by atoms with Crippen molar-refractivity contribution in [3.05, 3.63) is 36.0 Å². The third-order valence-electron chi connectivity index (χ3n) is 3.70. The van der Waals surface area contributed by atoms with Crippen LogP contribution in [0.3, 0.4) is 0 Å². The van der Waals surface area contributed by atoms with E-state index in [9.17, 15) is 18.0 Å². The topological polar surface area (TPSA) is 71.2 Å². The molecule has 3 heterocycles. The van der Waals surface area contributed by atoms with Crippen LogP contribution in [0.5, 0.6) is 0 Å². The highest BCUT2D eigenvalue weighted by Gasteiger charge is 2.35. The van der Waals surface area contributed by atoms with E-state index in [1.54, 1.807) is 0 Å². The van der Waals surface area contributed by atoms with Gasteiger partial charge >= 0.3 is 5.97 Å². The Balaban J connectivity index is 1.82. The van der Waals surface area contributed by atoms with Crippen molar-refractivity contribution in [3.63, 3.8) is 0 Å². The van der Waals surface area contributed by atoms with Crippen LogP contribution in [0.2, 0.25) is 0 Å². The summed E-state index contributed by atoms with van der Waals surface area (Å²) in [6.07, 6.45) is 3.03. The van der Waals surface area contributed by atoms with E-state index in [1.807, 2.05) is 0 Å².